The average Bonchev–Trinajstić information content (AvgIpc) is 2.82. The SMILES string of the molecule is CCOC(=O)Cc1cc2cccc(CC(=O)OCC)c2[nH]1. The first-order valence-corrected chi connectivity index (χ1v) is 7.04. The lowest BCUT2D eigenvalue weighted by atomic mass is 10.1. The summed E-state index contributed by atoms with van der Waals surface area (Å²) >= 11 is 0. The molecule has 0 saturated carbocycles. The Kier molecular flexibility index (Phi) is 4.98. The summed E-state index contributed by atoms with van der Waals surface area (Å²) in [4.78, 5) is 26.3. The number of carbonyl (C=O) groups excluding carboxylic acids is 2. The fourth-order valence-corrected chi connectivity index (χ4v) is 2.25. The number of hydrogen-bond donors (Lipinski definition) is 1. The summed E-state index contributed by atoms with van der Waals surface area (Å²) in [6, 6.07) is 7.61. The van der Waals surface area contributed by atoms with Gasteiger partial charge in [-0.2, -0.15) is 0 Å². The Morgan fingerprint density at radius 1 is 1.05 bits per heavy atom. The molecule has 0 aliphatic heterocycles. The van der Waals surface area contributed by atoms with Gasteiger partial charge in [-0.25, -0.2) is 0 Å². The number of hydrogen-bond acceptors (Lipinski definition) is 4. The third kappa shape index (κ3) is 3.84. The number of carbonyl (C=O) groups is 2. The lowest BCUT2D eigenvalue weighted by molar-refractivity contribution is -0.143. The molecule has 112 valence electrons. The van der Waals surface area contributed by atoms with E-state index in [0.29, 0.717) is 13.2 Å². The van der Waals surface area contributed by atoms with Crippen molar-refractivity contribution in [3.8, 4) is 0 Å². The largest absolute Gasteiger partial charge is 0.466 e. The molecule has 5 heteroatoms. The first kappa shape index (κ1) is 15.1. The van der Waals surface area contributed by atoms with Crippen molar-refractivity contribution in [1.82, 2.24) is 4.98 Å². The van der Waals surface area contributed by atoms with Gasteiger partial charge in [0.2, 0.25) is 0 Å². The third-order valence-corrected chi connectivity index (χ3v) is 3.08. The number of aromatic nitrogens is 1. The fraction of sp³-hybridized carbons (Fsp3) is 0.375. The maximum Gasteiger partial charge on any atom is 0.311 e. The van der Waals surface area contributed by atoms with Gasteiger partial charge in [0.05, 0.1) is 26.1 Å². The van der Waals surface area contributed by atoms with Crippen LogP contribution in [-0.4, -0.2) is 30.1 Å². The number of para-hydroxylation sites is 1. The molecule has 0 amide bonds. The maximum absolute atomic E-state index is 11.6. The molecule has 1 heterocycles. The van der Waals surface area contributed by atoms with E-state index in [1.165, 1.54) is 0 Å². The summed E-state index contributed by atoms with van der Waals surface area (Å²) in [6.45, 7) is 4.30. The van der Waals surface area contributed by atoms with Gasteiger partial charge in [-0.15, -0.1) is 0 Å². The van der Waals surface area contributed by atoms with E-state index in [2.05, 4.69) is 4.98 Å². The first-order chi connectivity index (χ1) is 10.1. The molecule has 0 spiro atoms. The standard InChI is InChI=1S/C16H19NO4/c1-3-20-14(18)9-12-7-5-6-11-8-13(17-16(11)12)10-15(19)21-4-2/h5-8,17H,3-4,9-10H2,1-2H3. The van der Waals surface area contributed by atoms with E-state index < -0.39 is 0 Å². The summed E-state index contributed by atoms with van der Waals surface area (Å²) in [5.74, 6) is -0.525. The van der Waals surface area contributed by atoms with Crippen molar-refractivity contribution >= 4 is 22.8 Å². The minimum Gasteiger partial charge on any atom is -0.466 e. The highest BCUT2D eigenvalue weighted by Gasteiger charge is 2.12. The molecule has 0 bridgehead atoms. The molecule has 0 atom stereocenters. The Hall–Kier alpha value is -2.30. The van der Waals surface area contributed by atoms with Gasteiger partial charge in [0.25, 0.3) is 0 Å². The molecule has 2 rings (SSSR count). The van der Waals surface area contributed by atoms with Crippen molar-refractivity contribution in [2.45, 2.75) is 26.7 Å². The number of H-pyrrole nitrogens is 1. The third-order valence-electron chi connectivity index (χ3n) is 3.08. The summed E-state index contributed by atoms with van der Waals surface area (Å²) in [7, 11) is 0. The lowest BCUT2D eigenvalue weighted by Gasteiger charge is -2.03. The molecule has 0 fully saturated rings. The number of esters is 2. The first-order valence-electron chi connectivity index (χ1n) is 7.04. The zero-order valence-electron chi connectivity index (χ0n) is 12.3. The molecule has 21 heavy (non-hydrogen) atoms. The molecule has 0 radical (unpaired) electrons. The van der Waals surface area contributed by atoms with E-state index >= 15 is 0 Å². The number of rotatable bonds is 6. The van der Waals surface area contributed by atoms with Crippen molar-refractivity contribution in [3.05, 3.63) is 35.5 Å². The minimum absolute atomic E-state index is 0.196. The van der Waals surface area contributed by atoms with Gasteiger partial charge in [-0.05, 0) is 30.9 Å². The van der Waals surface area contributed by atoms with Crippen LogP contribution in [0.2, 0.25) is 0 Å². The van der Waals surface area contributed by atoms with Gasteiger partial charge >= 0.3 is 11.9 Å². The van der Waals surface area contributed by atoms with Crippen LogP contribution < -0.4 is 0 Å². The van der Waals surface area contributed by atoms with E-state index in [0.717, 1.165) is 22.2 Å². The molecule has 0 unspecified atom stereocenters. The fourth-order valence-electron chi connectivity index (χ4n) is 2.25. The van der Waals surface area contributed by atoms with E-state index in [1.54, 1.807) is 13.8 Å². The van der Waals surface area contributed by atoms with Crippen molar-refractivity contribution in [2.24, 2.45) is 0 Å². The monoisotopic (exact) mass is 289 g/mol. The summed E-state index contributed by atoms with van der Waals surface area (Å²) in [5, 5.41) is 0.969. The van der Waals surface area contributed by atoms with Crippen LogP contribution in [0.5, 0.6) is 0 Å². The van der Waals surface area contributed by atoms with Crippen molar-refractivity contribution < 1.29 is 19.1 Å². The van der Waals surface area contributed by atoms with Gasteiger partial charge in [0, 0.05) is 11.2 Å². The Labute approximate surface area is 123 Å². The molecule has 0 aliphatic carbocycles. The molecule has 1 aromatic carbocycles. The molecule has 1 N–H and O–H groups in total. The van der Waals surface area contributed by atoms with Crippen molar-refractivity contribution in [3.63, 3.8) is 0 Å². The molecular weight excluding hydrogens is 270 g/mol. The van der Waals surface area contributed by atoms with Crippen LogP contribution in [0.3, 0.4) is 0 Å². The Morgan fingerprint density at radius 3 is 2.38 bits per heavy atom. The van der Waals surface area contributed by atoms with E-state index in [4.69, 9.17) is 9.47 Å². The zero-order chi connectivity index (χ0) is 15.2. The van der Waals surface area contributed by atoms with Crippen LogP contribution in [0.1, 0.15) is 25.1 Å². The predicted octanol–water partition coefficient (Wildman–Crippen LogP) is 2.38. The number of fused-ring (bicyclic) bond motifs is 1. The van der Waals surface area contributed by atoms with Crippen LogP contribution in [0, 0.1) is 0 Å². The van der Waals surface area contributed by atoms with Gasteiger partial charge in [0.15, 0.2) is 0 Å². The Morgan fingerprint density at radius 2 is 1.71 bits per heavy atom. The summed E-state index contributed by atoms with van der Waals surface area (Å²) in [6.07, 6.45) is 0.409. The topological polar surface area (TPSA) is 68.4 Å². The highest BCUT2D eigenvalue weighted by atomic mass is 16.5. The predicted molar refractivity (Wildman–Crippen MR) is 79.0 cm³/mol. The highest BCUT2D eigenvalue weighted by molar-refractivity contribution is 5.88. The molecule has 5 nitrogen and oxygen atoms in total. The lowest BCUT2D eigenvalue weighted by Crippen LogP contribution is -2.08. The van der Waals surface area contributed by atoms with E-state index in [1.807, 2.05) is 24.3 Å². The van der Waals surface area contributed by atoms with Crippen LogP contribution in [0.25, 0.3) is 10.9 Å². The normalized spacial score (nSPS) is 10.6. The van der Waals surface area contributed by atoms with Crippen LogP contribution in [0.4, 0.5) is 0 Å². The number of aromatic amines is 1. The van der Waals surface area contributed by atoms with E-state index in [9.17, 15) is 9.59 Å². The summed E-state index contributed by atoms with van der Waals surface area (Å²) < 4.78 is 9.91. The average molecular weight is 289 g/mol. The molecule has 0 saturated heterocycles. The quantitative estimate of drug-likeness (QED) is 0.829. The Bertz CT molecular complexity index is 645. The molecular formula is C16H19NO4. The molecule has 0 aliphatic rings. The van der Waals surface area contributed by atoms with Gasteiger partial charge in [0.1, 0.15) is 0 Å². The highest BCUT2D eigenvalue weighted by Crippen LogP contribution is 2.21. The number of nitrogens with one attached hydrogen (secondary N) is 1. The van der Waals surface area contributed by atoms with Crippen LogP contribution >= 0.6 is 0 Å². The molecule has 2 aromatic rings. The summed E-state index contributed by atoms with van der Waals surface area (Å²) in [5.41, 5.74) is 2.51. The zero-order valence-corrected chi connectivity index (χ0v) is 12.3. The van der Waals surface area contributed by atoms with Gasteiger partial charge < -0.3 is 14.5 Å². The minimum atomic E-state index is -0.268. The van der Waals surface area contributed by atoms with Crippen LogP contribution in [0.15, 0.2) is 24.3 Å². The van der Waals surface area contributed by atoms with Gasteiger partial charge in [-0.1, -0.05) is 18.2 Å². The smallest absolute Gasteiger partial charge is 0.311 e. The second-order valence-electron chi connectivity index (χ2n) is 4.64. The second kappa shape index (κ2) is 6.92. The van der Waals surface area contributed by atoms with E-state index in [-0.39, 0.29) is 24.8 Å². The maximum atomic E-state index is 11.6. The van der Waals surface area contributed by atoms with Crippen LogP contribution in [-0.2, 0) is 31.9 Å². The Balaban J connectivity index is 2.22. The number of benzene rings is 1. The van der Waals surface area contributed by atoms with Crippen molar-refractivity contribution in [1.29, 1.82) is 0 Å². The number of ether oxygens (including phenoxy) is 2. The molecule has 1 aromatic heterocycles. The van der Waals surface area contributed by atoms with Gasteiger partial charge in [-0.3, -0.25) is 9.59 Å². The second-order valence-corrected chi connectivity index (χ2v) is 4.64. The van der Waals surface area contributed by atoms with Crippen molar-refractivity contribution in [2.75, 3.05) is 13.2 Å².